The van der Waals surface area contributed by atoms with Gasteiger partial charge in [0.05, 0.1) is 29.1 Å². The van der Waals surface area contributed by atoms with Crippen molar-refractivity contribution in [3.8, 4) is 5.75 Å². The molecule has 2 aromatic rings. The largest absolute Gasteiger partial charge is 0.491 e. The average Bonchev–Trinajstić information content (AvgIpc) is 2.75. The van der Waals surface area contributed by atoms with Crippen molar-refractivity contribution in [2.45, 2.75) is 32.9 Å². The van der Waals surface area contributed by atoms with Gasteiger partial charge in [0, 0.05) is 7.05 Å². The highest BCUT2D eigenvalue weighted by Gasteiger charge is 2.20. The Labute approximate surface area is 131 Å². The van der Waals surface area contributed by atoms with Crippen molar-refractivity contribution >= 4 is 11.6 Å². The molecule has 0 saturated heterocycles. The van der Waals surface area contributed by atoms with Crippen molar-refractivity contribution in [1.29, 1.82) is 0 Å². The van der Waals surface area contributed by atoms with E-state index in [1.165, 1.54) is 0 Å². The van der Waals surface area contributed by atoms with Gasteiger partial charge in [-0.15, -0.1) is 0 Å². The maximum absolute atomic E-state index is 6.29. The first-order chi connectivity index (χ1) is 10.0. The Balaban J connectivity index is 2.39. The highest BCUT2D eigenvalue weighted by atomic mass is 35.5. The van der Waals surface area contributed by atoms with Gasteiger partial charge in [-0.1, -0.05) is 30.7 Å². The van der Waals surface area contributed by atoms with Gasteiger partial charge in [-0.25, -0.2) is 0 Å². The molecule has 0 fully saturated rings. The first-order valence-electron chi connectivity index (χ1n) is 7.20. The van der Waals surface area contributed by atoms with Crippen molar-refractivity contribution in [3.63, 3.8) is 0 Å². The lowest BCUT2D eigenvalue weighted by Gasteiger charge is -2.20. The second kappa shape index (κ2) is 6.96. The van der Waals surface area contributed by atoms with E-state index in [0.717, 1.165) is 23.6 Å². The second-order valence-electron chi connectivity index (χ2n) is 5.23. The molecule has 114 valence electrons. The summed E-state index contributed by atoms with van der Waals surface area (Å²) in [5.74, 6) is 0.865. The van der Waals surface area contributed by atoms with Gasteiger partial charge >= 0.3 is 0 Å². The number of nitrogens with zero attached hydrogens (tertiary/aromatic N) is 2. The van der Waals surface area contributed by atoms with Crippen LogP contribution in [0.25, 0.3) is 0 Å². The van der Waals surface area contributed by atoms with Gasteiger partial charge in [-0.3, -0.25) is 4.68 Å². The predicted molar refractivity (Wildman–Crippen MR) is 85.9 cm³/mol. The van der Waals surface area contributed by atoms with Crippen LogP contribution in [-0.2, 0) is 7.05 Å². The molecule has 1 atom stereocenters. The fraction of sp³-hybridized carbons (Fsp3) is 0.438. The Morgan fingerprint density at radius 3 is 2.71 bits per heavy atom. The van der Waals surface area contributed by atoms with E-state index in [2.05, 4.69) is 29.5 Å². The first kappa shape index (κ1) is 15.9. The molecule has 4 nitrogen and oxygen atoms in total. The molecule has 1 N–H and O–H groups in total. The normalized spacial score (nSPS) is 12.7. The Hall–Kier alpha value is -1.52. The van der Waals surface area contributed by atoms with E-state index < -0.39 is 0 Å². The van der Waals surface area contributed by atoms with E-state index >= 15 is 0 Å². The minimum Gasteiger partial charge on any atom is -0.491 e. The smallest absolute Gasteiger partial charge is 0.120 e. The summed E-state index contributed by atoms with van der Waals surface area (Å²) in [5.41, 5.74) is 2.07. The molecule has 0 saturated carbocycles. The lowest BCUT2D eigenvalue weighted by molar-refractivity contribution is 0.242. The number of ether oxygens (including phenoxy) is 1. The zero-order chi connectivity index (χ0) is 15.4. The van der Waals surface area contributed by atoms with Crippen LogP contribution in [0.4, 0.5) is 0 Å². The summed E-state index contributed by atoms with van der Waals surface area (Å²) >= 11 is 6.29. The highest BCUT2D eigenvalue weighted by Crippen LogP contribution is 2.29. The molecule has 0 bridgehead atoms. The predicted octanol–water partition coefficient (Wildman–Crippen LogP) is 3.56. The SMILES string of the molecule is CCNC(c1cccc(OC(C)C)c1)c1c(Cl)cnn1C. The van der Waals surface area contributed by atoms with Crippen LogP contribution in [0.5, 0.6) is 5.75 Å². The fourth-order valence-electron chi connectivity index (χ4n) is 2.36. The minimum atomic E-state index is -0.00860. The van der Waals surface area contributed by atoms with Gasteiger partial charge in [-0.05, 0) is 38.1 Å². The number of aryl methyl sites for hydroxylation is 1. The van der Waals surface area contributed by atoms with Crippen LogP contribution >= 0.6 is 11.6 Å². The molecule has 1 aromatic carbocycles. The summed E-state index contributed by atoms with van der Waals surface area (Å²) in [4.78, 5) is 0. The topological polar surface area (TPSA) is 39.1 Å². The number of hydrogen-bond donors (Lipinski definition) is 1. The van der Waals surface area contributed by atoms with E-state index in [-0.39, 0.29) is 12.1 Å². The molecule has 0 spiro atoms. The summed E-state index contributed by atoms with van der Waals surface area (Å²) < 4.78 is 7.59. The molecule has 1 heterocycles. The van der Waals surface area contributed by atoms with E-state index in [4.69, 9.17) is 16.3 Å². The van der Waals surface area contributed by atoms with Crippen molar-refractivity contribution in [2.24, 2.45) is 7.05 Å². The number of halogens is 1. The van der Waals surface area contributed by atoms with Crippen LogP contribution in [0, 0.1) is 0 Å². The molecular weight excluding hydrogens is 286 g/mol. The second-order valence-corrected chi connectivity index (χ2v) is 5.64. The summed E-state index contributed by atoms with van der Waals surface area (Å²) in [7, 11) is 1.90. The summed E-state index contributed by atoms with van der Waals surface area (Å²) in [6.07, 6.45) is 1.83. The molecular formula is C16H22ClN3O. The van der Waals surface area contributed by atoms with Crippen molar-refractivity contribution < 1.29 is 4.74 Å². The van der Waals surface area contributed by atoms with E-state index in [1.54, 1.807) is 6.20 Å². The number of benzene rings is 1. The average molecular weight is 308 g/mol. The summed E-state index contributed by atoms with van der Waals surface area (Å²) in [6.45, 7) is 6.95. The number of rotatable bonds is 6. The standard InChI is InChI=1S/C16H22ClN3O/c1-5-18-15(16-14(17)10-19-20(16)4)12-7-6-8-13(9-12)21-11(2)3/h6-11,15,18H,5H2,1-4H3. The molecule has 0 aliphatic rings. The zero-order valence-electron chi connectivity index (χ0n) is 12.9. The third kappa shape index (κ3) is 3.77. The molecule has 5 heteroatoms. The van der Waals surface area contributed by atoms with Gasteiger partial charge < -0.3 is 10.1 Å². The van der Waals surface area contributed by atoms with Crippen LogP contribution in [0.2, 0.25) is 5.02 Å². The monoisotopic (exact) mass is 307 g/mol. The Morgan fingerprint density at radius 1 is 1.38 bits per heavy atom. The van der Waals surface area contributed by atoms with Crippen LogP contribution in [-0.4, -0.2) is 22.4 Å². The van der Waals surface area contributed by atoms with Crippen molar-refractivity contribution in [3.05, 3.63) is 46.7 Å². The zero-order valence-corrected chi connectivity index (χ0v) is 13.7. The Bertz CT molecular complexity index is 575. The lowest BCUT2D eigenvalue weighted by Crippen LogP contribution is -2.24. The molecule has 0 aliphatic carbocycles. The fourth-order valence-corrected chi connectivity index (χ4v) is 2.64. The van der Waals surface area contributed by atoms with E-state index in [9.17, 15) is 0 Å². The number of aromatic nitrogens is 2. The van der Waals surface area contributed by atoms with Gasteiger partial charge in [0.1, 0.15) is 5.75 Å². The van der Waals surface area contributed by atoms with E-state index in [0.29, 0.717) is 5.02 Å². The minimum absolute atomic E-state index is 0.00860. The molecule has 21 heavy (non-hydrogen) atoms. The molecule has 0 aliphatic heterocycles. The molecule has 1 aromatic heterocycles. The summed E-state index contributed by atoms with van der Waals surface area (Å²) in [6, 6.07) is 8.09. The third-order valence-electron chi connectivity index (χ3n) is 3.18. The van der Waals surface area contributed by atoms with E-state index in [1.807, 2.05) is 37.7 Å². The van der Waals surface area contributed by atoms with Gasteiger partial charge in [0.2, 0.25) is 0 Å². The quantitative estimate of drug-likeness (QED) is 0.887. The third-order valence-corrected chi connectivity index (χ3v) is 3.47. The molecule has 2 rings (SSSR count). The van der Waals surface area contributed by atoms with Crippen molar-refractivity contribution in [1.82, 2.24) is 15.1 Å². The van der Waals surface area contributed by atoms with Crippen LogP contribution in [0.1, 0.15) is 38.1 Å². The maximum atomic E-state index is 6.29. The highest BCUT2D eigenvalue weighted by molar-refractivity contribution is 6.31. The Kier molecular flexibility index (Phi) is 5.26. The first-order valence-corrected chi connectivity index (χ1v) is 7.58. The molecule has 0 radical (unpaired) electrons. The summed E-state index contributed by atoms with van der Waals surface area (Å²) in [5, 5.41) is 8.36. The maximum Gasteiger partial charge on any atom is 0.120 e. The Morgan fingerprint density at radius 2 is 2.14 bits per heavy atom. The number of nitrogens with one attached hydrogen (secondary N) is 1. The van der Waals surface area contributed by atoms with Crippen molar-refractivity contribution in [2.75, 3.05) is 6.54 Å². The van der Waals surface area contributed by atoms with Crippen LogP contribution in [0.3, 0.4) is 0 Å². The lowest BCUT2D eigenvalue weighted by atomic mass is 10.0. The van der Waals surface area contributed by atoms with Gasteiger partial charge in [0.25, 0.3) is 0 Å². The molecule has 1 unspecified atom stereocenters. The number of hydrogen-bond acceptors (Lipinski definition) is 3. The van der Waals surface area contributed by atoms with Gasteiger partial charge in [0.15, 0.2) is 0 Å². The van der Waals surface area contributed by atoms with Crippen LogP contribution < -0.4 is 10.1 Å². The van der Waals surface area contributed by atoms with Crippen LogP contribution in [0.15, 0.2) is 30.5 Å². The molecule has 0 amide bonds. The van der Waals surface area contributed by atoms with Gasteiger partial charge in [-0.2, -0.15) is 5.10 Å².